The number of carbonyl (C=O) groups excluding carboxylic acids is 2. The van der Waals surface area contributed by atoms with Gasteiger partial charge in [0.05, 0.1) is 12.1 Å². The Morgan fingerprint density at radius 2 is 1.93 bits per heavy atom. The third-order valence-corrected chi connectivity index (χ3v) is 4.42. The van der Waals surface area contributed by atoms with Crippen molar-refractivity contribution in [3.8, 4) is 0 Å². The molecule has 0 spiro atoms. The molecule has 1 heterocycles. The number of ether oxygens (including phenoxy) is 1. The predicted octanol–water partition coefficient (Wildman–Crippen LogP) is 2.63. The lowest BCUT2D eigenvalue weighted by atomic mass is 9.94. The molecular weight excluding hydrogens is 342 g/mol. The van der Waals surface area contributed by atoms with Gasteiger partial charge in [-0.15, -0.1) is 0 Å². The molecule has 0 unspecified atom stereocenters. The van der Waals surface area contributed by atoms with Gasteiger partial charge in [-0.2, -0.15) is 0 Å². The van der Waals surface area contributed by atoms with E-state index in [1.54, 1.807) is 0 Å². The number of hydrogen-bond acceptors (Lipinski definition) is 4. The van der Waals surface area contributed by atoms with Crippen molar-refractivity contribution in [3.05, 3.63) is 35.9 Å². The monoisotopic (exact) mass is 375 g/mol. The van der Waals surface area contributed by atoms with Gasteiger partial charge in [0.2, 0.25) is 5.91 Å². The standard InChI is InChI=1S/C21H33N3O3/c1-14(2)11-17-19(25)22-13-18(23-17)16(12-15-9-7-6-8-10-15)24-20(26)27-21(3,4)5/h6-10,14,16-18,23H,11-13H2,1-5H3,(H,22,25)(H,24,26)/t16-,17-,18-/m0/s1. The second kappa shape index (κ2) is 9.22. The molecule has 1 aliphatic heterocycles. The van der Waals surface area contributed by atoms with Crippen LogP contribution in [0.2, 0.25) is 0 Å². The molecule has 1 fully saturated rings. The van der Waals surface area contributed by atoms with E-state index in [9.17, 15) is 9.59 Å². The first-order chi connectivity index (χ1) is 12.6. The van der Waals surface area contributed by atoms with Crippen LogP contribution in [-0.4, -0.2) is 42.3 Å². The summed E-state index contributed by atoms with van der Waals surface area (Å²) in [6, 6.07) is 9.50. The summed E-state index contributed by atoms with van der Waals surface area (Å²) in [6.45, 7) is 10.2. The summed E-state index contributed by atoms with van der Waals surface area (Å²) in [7, 11) is 0. The highest BCUT2D eigenvalue weighted by atomic mass is 16.6. The van der Waals surface area contributed by atoms with E-state index in [1.165, 1.54) is 0 Å². The van der Waals surface area contributed by atoms with Crippen LogP contribution in [0.5, 0.6) is 0 Å². The van der Waals surface area contributed by atoms with Crippen LogP contribution < -0.4 is 16.0 Å². The number of piperazine rings is 1. The van der Waals surface area contributed by atoms with Crippen molar-refractivity contribution in [1.82, 2.24) is 16.0 Å². The van der Waals surface area contributed by atoms with E-state index in [1.807, 2.05) is 51.1 Å². The Hall–Kier alpha value is -2.08. The Morgan fingerprint density at radius 3 is 2.52 bits per heavy atom. The molecule has 0 radical (unpaired) electrons. The molecule has 0 saturated carbocycles. The largest absolute Gasteiger partial charge is 0.444 e. The molecule has 6 nitrogen and oxygen atoms in total. The molecule has 3 N–H and O–H groups in total. The van der Waals surface area contributed by atoms with E-state index in [0.717, 1.165) is 12.0 Å². The second-order valence-corrected chi connectivity index (χ2v) is 8.64. The molecule has 150 valence electrons. The zero-order chi connectivity index (χ0) is 20.0. The summed E-state index contributed by atoms with van der Waals surface area (Å²) in [4.78, 5) is 24.6. The van der Waals surface area contributed by atoms with Crippen LogP contribution in [0, 0.1) is 5.92 Å². The zero-order valence-corrected chi connectivity index (χ0v) is 17.0. The first kappa shape index (κ1) is 21.2. The number of nitrogens with one attached hydrogen (secondary N) is 3. The number of benzene rings is 1. The number of carbonyl (C=O) groups is 2. The maximum absolute atomic E-state index is 12.4. The van der Waals surface area contributed by atoms with Crippen LogP contribution in [0.25, 0.3) is 0 Å². The third-order valence-electron chi connectivity index (χ3n) is 4.42. The van der Waals surface area contributed by atoms with Gasteiger partial charge in [0.1, 0.15) is 5.60 Å². The summed E-state index contributed by atoms with van der Waals surface area (Å²) < 4.78 is 5.44. The molecule has 0 aliphatic carbocycles. The first-order valence-corrected chi connectivity index (χ1v) is 9.71. The highest BCUT2D eigenvalue weighted by Gasteiger charge is 2.34. The normalized spacial score (nSPS) is 21.5. The van der Waals surface area contributed by atoms with Crippen molar-refractivity contribution in [2.24, 2.45) is 5.92 Å². The Balaban J connectivity index is 2.12. The van der Waals surface area contributed by atoms with Gasteiger partial charge < -0.3 is 15.4 Å². The third kappa shape index (κ3) is 7.21. The Labute approximate surface area is 162 Å². The van der Waals surface area contributed by atoms with Crippen molar-refractivity contribution < 1.29 is 14.3 Å². The zero-order valence-electron chi connectivity index (χ0n) is 17.0. The summed E-state index contributed by atoms with van der Waals surface area (Å²) in [5, 5.41) is 9.43. The van der Waals surface area contributed by atoms with Crippen molar-refractivity contribution in [1.29, 1.82) is 0 Å². The van der Waals surface area contributed by atoms with Crippen molar-refractivity contribution in [3.63, 3.8) is 0 Å². The highest BCUT2D eigenvalue weighted by Crippen LogP contribution is 2.14. The maximum Gasteiger partial charge on any atom is 0.407 e. The summed E-state index contributed by atoms with van der Waals surface area (Å²) in [5.41, 5.74) is 0.563. The predicted molar refractivity (Wildman–Crippen MR) is 106 cm³/mol. The fourth-order valence-corrected chi connectivity index (χ4v) is 3.25. The summed E-state index contributed by atoms with van der Waals surface area (Å²) >= 11 is 0. The minimum atomic E-state index is -0.560. The molecule has 1 aromatic carbocycles. The Bertz CT molecular complexity index is 625. The lowest BCUT2D eigenvalue weighted by Crippen LogP contribution is -2.65. The SMILES string of the molecule is CC(C)C[C@@H]1N[C@H]([C@H](Cc2ccccc2)NC(=O)OC(C)(C)C)CNC1=O. The van der Waals surface area contributed by atoms with Crippen LogP contribution in [0.15, 0.2) is 30.3 Å². The minimum absolute atomic E-state index is 0.0238. The molecule has 0 bridgehead atoms. The van der Waals surface area contributed by atoms with Crippen LogP contribution in [-0.2, 0) is 16.0 Å². The van der Waals surface area contributed by atoms with Gasteiger partial charge in [0.25, 0.3) is 0 Å². The molecular formula is C21H33N3O3. The van der Waals surface area contributed by atoms with Gasteiger partial charge in [0, 0.05) is 12.6 Å². The Morgan fingerprint density at radius 1 is 1.26 bits per heavy atom. The quantitative estimate of drug-likeness (QED) is 0.714. The highest BCUT2D eigenvalue weighted by molar-refractivity contribution is 5.82. The minimum Gasteiger partial charge on any atom is -0.444 e. The Kier molecular flexibility index (Phi) is 7.25. The van der Waals surface area contributed by atoms with Crippen LogP contribution in [0.1, 0.15) is 46.6 Å². The molecule has 2 rings (SSSR count). The molecule has 1 aliphatic rings. The van der Waals surface area contributed by atoms with Gasteiger partial charge in [-0.05, 0) is 45.1 Å². The number of amides is 2. The fourth-order valence-electron chi connectivity index (χ4n) is 3.25. The molecule has 6 heteroatoms. The maximum atomic E-state index is 12.4. The molecule has 1 saturated heterocycles. The lowest BCUT2D eigenvalue weighted by molar-refractivity contribution is -0.125. The van der Waals surface area contributed by atoms with E-state index in [4.69, 9.17) is 4.74 Å². The van der Waals surface area contributed by atoms with Crippen molar-refractivity contribution in [2.75, 3.05) is 6.54 Å². The summed E-state index contributed by atoms with van der Waals surface area (Å²) in [6.07, 6.45) is 0.969. The number of rotatable bonds is 6. The second-order valence-electron chi connectivity index (χ2n) is 8.64. The van der Waals surface area contributed by atoms with Gasteiger partial charge in [-0.25, -0.2) is 4.79 Å². The average molecular weight is 376 g/mol. The van der Waals surface area contributed by atoms with E-state index in [0.29, 0.717) is 18.9 Å². The summed E-state index contributed by atoms with van der Waals surface area (Å²) in [5.74, 6) is 0.425. The van der Waals surface area contributed by atoms with Crippen LogP contribution in [0.3, 0.4) is 0 Å². The molecule has 0 aromatic heterocycles. The molecule has 27 heavy (non-hydrogen) atoms. The number of hydrogen-bond donors (Lipinski definition) is 3. The average Bonchev–Trinajstić information content (AvgIpc) is 2.55. The van der Waals surface area contributed by atoms with Crippen molar-refractivity contribution >= 4 is 12.0 Å². The smallest absolute Gasteiger partial charge is 0.407 e. The fraction of sp³-hybridized carbons (Fsp3) is 0.619. The van der Waals surface area contributed by atoms with E-state index in [-0.39, 0.29) is 24.0 Å². The van der Waals surface area contributed by atoms with Crippen LogP contribution >= 0.6 is 0 Å². The van der Waals surface area contributed by atoms with Gasteiger partial charge >= 0.3 is 6.09 Å². The van der Waals surface area contributed by atoms with E-state index in [2.05, 4.69) is 29.8 Å². The molecule has 3 atom stereocenters. The van der Waals surface area contributed by atoms with Crippen molar-refractivity contribution in [2.45, 2.75) is 71.2 Å². The number of alkyl carbamates (subject to hydrolysis) is 1. The van der Waals surface area contributed by atoms with Crippen LogP contribution in [0.4, 0.5) is 4.79 Å². The molecule has 1 aromatic rings. The van der Waals surface area contributed by atoms with E-state index >= 15 is 0 Å². The van der Waals surface area contributed by atoms with Gasteiger partial charge in [-0.1, -0.05) is 44.2 Å². The van der Waals surface area contributed by atoms with E-state index < -0.39 is 11.7 Å². The molecule has 2 amide bonds. The first-order valence-electron chi connectivity index (χ1n) is 9.71. The van der Waals surface area contributed by atoms with Gasteiger partial charge in [0.15, 0.2) is 0 Å². The topological polar surface area (TPSA) is 79.5 Å². The lowest BCUT2D eigenvalue weighted by Gasteiger charge is -2.37. The van der Waals surface area contributed by atoms with Gasteiger partial charge in [-0.3, -0.25) is 10.1 Å².